The van der Waals surface area contributed by atoms with Crippen molar-refractivity contribution in [2.24, 2.45) is 0 Å². The molecule has 2 N–H and O–H groups in total. The Morgan fingerprint density at radius 3 is 2.65 bits per heavy atom. The maximum absolute atomic E-state index is 13.9. The van der Waals surface area contributed by atoms with E-state index in [1.165, 1.54) is 6.07 Å². The minimum Gasteiger partial charge on any atom is -0.367 e. The molecular formula is C13H15FN2O. The first-order valence-electron chi connectivity index (χ1n) is 5.52. The number of aryl methyl sites for hydroxylation is 1. The Kier molecular flexibility index (Phi) is 2.88. The molecule has 0 spiro atoms. The smallest absolute Gasteiger partial charge is 0.226 e. The predicted molar refractivity (Wildman–Crippen MR) is 65.1 cm³/mol. The van der Waals surface area contributed by atoms with Gasteiger partial charge in [0.2, 0.25) is 5.88 Å². The summed E-state index contributed by atoms with van der Waals surface area (Å²) in [7, 11) is 0. The van der Waals surface area contributed by atoms with Gasteiger partial charge in [-0.1, -0.05) is 25.1 Å². The van der Waals surface area contributed by atoms with Gasteiger partial charge in [-0.05, 0) is 30.5 Å². The van der Waals surface area contributed by atoms with Crippen LogP contribution in [0.25, 0.3) is 11.3 Å². The average molecular weight is 234 g/mol. The second-order valence-electron chi connectivity index (χ2n) is 4.45. The van der Waals surface area contributed by atoms with Crippen LogP contribution in [0.3, 0.4) is 0 Å². The summed E-state index contributed by atoms with van der Waals surface area (Å²) in [6.07, 6.45) is 0. The average Bonchev–Trinajstić information content (AvgIpc) is 2.60. The highest BCUT2D eigenvalue weighted by Gasteiger charge is 2.20. The lowest BCUT2D eigenvalue weighted by atomic mass is 9.98. The van der Waals surface area contributed by atoms with Crippen molar-refractivity contribution in [1.82, 2.24) is 5.16 Å². The van der Waals surface area contributed by atoms with Crippen LogP contribution in [-0.2, 0) is 0 Å². The second-order valence-corrected chi connectivity index (χ2v) is 4.45. The molecule has 1 aromatic heterocycles. The molecule has 0 fully saturated rings. The Balaban J connectivity index is 2.61. The van der Waals surface area contributed by atoms with E-state index in [-0.39, 0.29) is 17.6 Å². The van der Waals surface area contributed by atoms with Gasteiger partial charge in [0.25, 0.3) is 0 Å². The molecule has 0 saturated heterocycles. The maximum Gasteiger partial charge on any atom is 0.226 e. The van der Waals surface area contributed by atoms with Crippen LogP contribution in [0.1, 0.15) is 30.9 Å². The zero-order valence-electron chi connectivity index (χ0n) is 10.1. The van der Waals surface area contributed by atoms with E-state index in [1.54, 1.807) is 6.07 Å². The number of halogens is 1. The summed E-state index contributed by atoms with van der Waals surface area (Å²) < 4.78 is 18.8. The molecule has 4 heteroatoms. The number of aromatic nitrogens is 1. The third-order valence-electron chi connectivity index (χ3n) is 2.71. The Labute approximate surface area is 99.4 Å². The Hall–Kier alpha value is -1.84. The van der Waals surface area contributed by atoms with E-state index in [2.05, 4.69) is 5.16 Å². The number of anilines is 1. The van der Waals surface area contributed by atoms with Crippen molar-refractivity contribution in [1.29, 1.82) is 0 Å². The van der Waals surface area contributed by atoms with Crippen LogP contribution >= 0.6 is 0 Å². The molecule has 90 valence electrons. The molecule has 2 aromatic rings. The van der Waals surface area contributed by atoms with Crippen LogP contribution in [0.5, 0.6) is 0 Å². The van der Waals surface area contributed by atoms with Gasteiger partial charge in [-0.15, -0.1) is 0 Å². The molecule has 17 heavy (non-hydrogen) atoms. The van der Waals surface area contributed by atoms with Gasteiger partial charge >= 0.3 is 0 Å². The van der Waals surface area contributed by atoms with E-state index in [0.29, 0.717) is 11.3 Å². The van der Waals surface area contributed by atoms with Gasteiger partial charge in [0.1, 0.15) is 11.5 Å². The molecule has 0 radical (unpaired) electrons. The normalized spacial score (nSPS) is 11.1. The molecule has 0 amide bonds. The molecule has 0 atom stereocenters. The maximum atomic E-state index is 13.9. The van der Waals surface area contributed by atoms with E-state index < -0.39 is 0 Å². The van der Waals surface area contributed by atoms with Gasteiger partial charge in [-0.2, -0.15) is 0 Å². The first-order chi connectivity index (χ1) is 8.00. The highest BCUT2D eigenvalue weighted by atomic mass is 19.1. The van der Waals surface area contributed by atoms with Crippen LogP contribution in [0, 0.1) is 12.7 Å². The first kappa shape index (κ1) is 11.6. The number of hydrogen-bond donors (Lipinski definition) is 1. The lowest BCUT2D eigenvalue weighted by molar-refractivity contribution is 0.437. The fourth-order valence-corrected chi connectivity index (χ4v) is 1.87. The van der Waals surface area contributed by atoms with Crippen LogP contribution in [0.2, 0.25) is 0 Å². The van der Waals surface area contributed by atoms with Crippen molar-refractivity contribution in [2.75, 3.05) is 5.73 Å². The summed E-state index contributed by atoms with van der Waals surface area (Å²) in [6.45, 7) is 5.78. The summed E-state index contributed by atoms with van der Waals surface area (Å²) >= 11 is 0. The molecule has 1 heterocycles. The quantitative estimate of drug-likeness (QED) is 0.865. The Morgan fingerprint density at radius 1 is 1.35 bits per heavy atom. The number of nitrogens with two attached hydrogens (primary N) is 1. The molecule has 0 aliphatic carbocycles. The van der Waals surface area contributed by atoms with Crippen LogP contribution in [0.4, 0.5) is 10.3 Å². The molecule has 2 rings (SSSR count). The molecule has 3 nitrogen and oxygen atoms in total. The van der Waals surface area contributed by atoms with Crippen molar-refractivity contribution in [2.45, 2.75) is 26.7 Å². The van der Waals surface area contributed by atoms with Crippen LogP contribution in [-0.4, -0.2) is 5.16 Å². The third kappa shape index (κ3) is 2.02. The summed E-state index contributed by atoms with van der Waals surface area (Å²) in [6, 6.07) is 5.02. The lowest BCUT2D eigenvalue weighted by Crippen LogP contribution is -1.96. The van der Waals surface area contributed by atoms with Gasteiger partial charge in [0.15, 0.2) is 0 Å². The minimum absolute atomic E-state index is 0.136. The summed E-state index contributed by atoms with van der Waals surface area (Å²) in [4.78, 5) is 0. The fourth-order valence-electron chi connectivity index (χ4n) is 1.87. The molecule has 0 unspecified atom stereocenters. The van der Waals surface area contributed by atoms with E-state index in [0.717, 1.165) is 11.1 Å². The molecule has 0 bridgehead atoms. The van der Waals surface area contributed by atoms with Crippen LogP contribution < -0.4 is 5.73 Å². The van der Waals surface area contributed by atoms with E-state index in [4.69, 9.17) is 10.3 Å². The van der Waals surface area contributed by atoms with Gasteiger partial charge in [0, 0.05) is 11.1 Å². The predicted octanol–water partition coefficient (Wildman–Crippen LogP) is 3.49. The summed E-state index contributed by atoms with van der Waals surface area (Å²) in [5, 5.41) is 3.86. The standard InChI is InChI=1S/C13H15FN2O/c1-7(2)11-12(16-17-13(11)15)9-5-4-8(3)6-10(9)14/h4-7H,15H2,1-3H3. The Morgan fingerprint density at radius 2 is 2.06 bits per heavy atom. The molecular weight excluding hydrogens is 219 g/mol. The fraction of sp³-hybridized carbons (Fsp3) is 0.308. The van der Waals surface area contributed by atoms with Crippen molar-refractivity contribution >= 4 is 5.88 Å². The molecule has 0 saturated carbocycles. The van der Waals surface area contributed by atoms with Gasteiger partial charge in [-0.25, -0.2) is 4.39 Å². The van der Waals surface area contributed by atoms with Crippen LogP contribution in [0.15, 0.2) is 22.7 Å². The Bertz CT molecular complexity index is 546. The highest BCUT2D eigenvalue weighted by Crippen LogP contribution is 2.34. The van der Waals surface area contributed by atoms with Crippen molar-refractivity contribution in [3.05, 3.63) is 35.1 Å². The van der Waals surface area contributed by atoms with E-state index in [1.807, 2.05) is 26.8 Å². The number of nitrogen functional groups attached to an aromatic ring is 1. The number of hydrogen-bond acceptors (Lipinski definition) is 3. The zero-order valence-corrected chi connectivity index (χ0v) is 10.1. The van der Waals surface area contributed by atoms with Gasteiger partial charge in [-0.3, -0.25) is 0 Å². The first-order valence-corrected chi connectivity index (χ1v) is 5.52. The number of rotatable bonds is 2. The molecule has 0 aliphatic rings. The highest BCUT2D eigenvalue weighted by molar-refractivity contribution is 5.68. The number of benzene rings is 1. The largest absolute Gasteiger partial charge is 0.367 e. The van der Waals surface area contributed by atoms with Crippen molar-refractivity contribution < 1.29 is 8.91 Å². The topological polar surface area (TPSA) is 52.0 Å². The number of nitrogens with zero attached hydrogens (tertiary/aromatic N) is 1. The summed E-state index contributed by atoms with van der Waals surface area (Å²) in [5.41, 5.74) is 8.26. The SMILES string of the molecule is Cc1ccc(-c2noc(N)c2C(C)C)c(F)c1. The lowest BCUT2D eigenvalue weighted by Gasteiger charge is -2.06. The zero-order chi connectivity index (χ0) is 12.6. The summed E-state index contributed by atoms with van der Waals surface area (Å²) in [5.74, 6) is 0.0899. The second kappa shape index (κ2) is 4.20. The van der Waals surface area contributed by atoms with Crippen molar-refractivity contribution in [3.63, 3.8) is 0 Å². The third-order valence-corrected chi connectivity index (χ3v) is 2.71. The van der Waals surface area contributed by atoms with Gasteiger partial charge < -0.3 is 10.3 Å². The molecule has 0 aliphatic heterocycles. The minimum atomic E-state index is -0.305. The monoisotopic (exact) mass is 234 g/mol. The van der Waals surface area contributed by atoms with E-state index in [9.17, 15) is 4.39 Å². The van der Waals surface area contributed by atoms with Crippen molar-refractivity contribution in [3.8, 4) is 11.3 Å². The van der Waals surface area contributed by atoms with Gasteiger partial charge in [0.05, 0.1) is 0 Å². The van der Waals surface area contributed by atoms with E-state index >= 15 is 0 Å². The molecule has 1 aromatic carbocycles.